The van der Waals surface area contributed by atoms with Crippen LogP contribution >= 0.6 is 23.2 Å². The van der Waals surface area contributed by atoms with E-state index in [1.807, 2.05) is 30.3 Å². The zero-order chi connectivity index (χ0) is 28.9. The Morgan fingerprint density at radius 3 is 2.44 bits per heavy atom. The van der Waals surface area contributed by atoms with Crippen molar-refractivity contribution in [1.82, 2.24) is 15.7 Å². The second kappa shape index (κ2) is 13.0. The molecule has 214 valence electrons. The number of hydrogen-bond acceptors (Lipinski definition) is 5. The third-order valence-electron chi connectivity index (χ3n) is 7.77. The first-order chi connectivity index (χ1) is 19.9. The summed E-state index contributed by atoms with van der Waals surface area (Å²) in [5, 5.41) is 13.1. The van der Waals surface area contributed by atoms with Crippen molar-refractivity contribution in [2.24, 2.45) is 0 Å². The molecule has 2 aliphatic rings. The maximum atomic E-state index is 14.3. The van der Waals surface area contributed by atoms with Crippen LogP contribution in [0.5, 0.6) is 0 Å². The van der Waals surface area contributed by atoms with Gasteiger partial charge in [0.05, 0.1) is 24.6 Å². The molecule has 1 saturated carbocycles. The second-order valence-electron chi connectivity index (χ2n) is 10.3. The number of hydroxylamine groups is 1. The van der Waals surface area contributed by atoms with Crippen LogP contribution in [0.3, 0.4) is 0 Å². The molecule has 0 bridgehead atoms. The quantitative estimate of drug-likeness (QED) is 0.320. The van der Waals surface area contributed by atoms with E-state index in [4.69, 9.17) is 28.0 Å². The number of aliphatic hydroxyl groups excluding tert-OH is 1. The molecule has 1 heterocycles. The fraction of sp³-hybridized carbons (Fsp3) is 0.323. The topological polar surface area (TPSA) is 108 Å². The molecule has 3 aromatic carbocycles. The lowest BCUT2D eigenvalue weighted by Gasteiger charge is -2.49. The Morgan fingerprint density at radius 1 is 0.951 bits per heavy atom. The first kappa shape index (κ1) is 29.1. The normalized spacial score (nSPS) is 22.1. The van der Waals surface area contributed by atoms with E-state index in [-0.39, 0.29) is 12.5 Å². The number of halogens is 2. The lowest BCUT2D eigenvalue weighted by Crippen LogP contribution is -2.59. The number of benzene rings is 3. The van der Waals surface area contributed by atoms with Crippen LogP contribution in [0.4, 0.5) is 0 Å². The maximum absolute atomic E-state index is 14.3. The predicted molar refractivity (Wildman–Crippen MR) is 155 cm³/mol. The van der Waals surface area contributed by atoms with Gasteiger partial charge in [-0.25, -0.2) is 5.48 Å². The van der Waals surface area contributed by atoms with Gasteiger partial charge in [-0.05, 0) is 47.7 Å². The van der Waals surface area contributed by atoms with Gasteiger partial charge in [0.1, 0.15) is 6.61 Å². The van der Waals surface area contributed by atoms with Crippen molar-refractivity contribution in [3.05, 3.63) is 105 Å². The number of rotatable bonds is 8. The Kier molecular flexibility index (Phi) is 9.25. The van der Waals surface area contributed by atoms with E-state index >= 15 is 0 Å². The molecule has 10 heteroatoms. The fourth-order valence-corrected chi connectivity index (χ4v) is 6.48. The van der Waals surface area contributed by atoms with Gasteiger partial charge in [0, 0.05) is 21.7 Å². The van der Waals surface area contributed by atoms with Gasteiger partial charge >= 0.3 is 0 Å². The molecule has 1 unspecified atom stereocenters. The van der Waals surface area contributed by atoms with Gasteiger partial charge in [-0.15, -0.1) is 0 Å². The number of nitrogens with zero attached hydrogens (tertiary/aromatic N) is 1. The summed E-state index contributed by atoms with van der Waals surface area (Å²) in [6.07, 6.45) is 2.92. The maximum Gasteiger partial charge on any atom is 0.255 e. The summed E-state index contributed by atoms with van der Waals surface area (Å²) in [6.45, 7) is -0.496. The number of amides is 3. The van der Waals surface area contributed by atoms with Crippen LogP contribution in [-0.2, 0) is 21.0 Å². The molecule has 1 aliphatic carbocycles. The van der Waals surface area contributed by atoms with Crippen LogP contribution < -0.4 is 10.8 Å². The molecule has 0 radical (unpaired) electrons. The van der Waals surface area contributed by atoms with Crippen LogP contribution in [0.1, 0.15) is 64.7 Å². The lowest BCUT2D eigenvalue weighted by atomic mass is 9.76. The third kappa shape index (κ3) is 6.26. The Labute approximate surface area is 248 Å². The van der Waals surface area contributed by atoms with Crippen molar-refractivity contribution in [2.45, 2.75) is 56.3 Å². The summed E-state index contributed by atoms with van der Waals surface area (Å²) in [6, 6.07) is 19.8. The fourth-order valence-electron chi connectivity index (χ4n) is 5.96. The first-order valence-corrected chi connectivity index (χ1v) is 14.4. The minimum atomic E-state index is -0.880. The Hall–Kier alpha value is -3.43. The molecular formula is C31H31Cl2N3O5. The lowest BCUT2D eigenvalue weighted by molar-refractivity contribution is -0.138. The standard InChI is InChI=1S/C31H31Cl2N3O5/c32-20-14-15-23(24(33)16-20)29-28(30(39)35-41-18-19-8-2-1-3-9-19)21-10-4-5-11-22(21)31(40)36(29)26-13-7-6-12-25(26)34-27(38)17-37/h1-5,8-11,14-16,25-26,28-29,37H,6-7,12-13,17-18H2,(H,34,38)(H,35,39)/t25?,26-,28+,29-/m0/s1. The first-order valence-electron chi connectivity index (χ1n) is 13.6. The third-order valence-corrected chi connectivity index (χ3v) is 8.33. The molecule has 3 aromatic rings. The number of aliphatic hydroxyl groups is 1. The molecule has 4 atom stereocenters. The largest absolute Gasteiger partial charge is 0.387 e. The van der Waals surface area contributed by atoms with Crippen LogP contribution in [0.15, 0.2) is 72.8 Å². The minimum Gasteiger partial charge on any atom is -0.387 e. The van der Waals surface area contributed by atoms with Gasteiger partial charge in [0.15, 0.2) is 0 Å². The van der Waals surface area contributed by atoms with Crippen molar-refractivity contribution in [1.29, 1.82) is 0 Å². The van der Waals surface area contributed by atoms with E-state index in [9.17, 15) is 19.5 Å². The zero-order valence-electron chi connectivity index (χ0n) is 22.3. The van der Waals surface area contributed by atoms with Crippen LogP contribution in [0.2, 0.25) is 10.0 Å². The number of hydrogen-bond donors (Lipinski definition) is 3. The highest BCUT2D eigenvalue weighted by molar-refractivity contribution is 6.35. The molecule has 1 fully saturated rings. The van der Waals surface area contributed by atoms with Gasteiger partial charge in [-0.3, -0.25) is 19.2 Å². The molecule has 41 heavy (non-hydrogen) atoms. The van der Waals surface area contributed by atoms with Crippen molar-refractivity contribution in [2.75, 3.05) is 6.61 Å². The highest BCUT2D eigenvalue weighted by atomic mass is 35.5. The van der Waals surface area contributed by atoms with E-state index in [1.54, 1.807) is 47.4 Å². The summed E-state index contributed by atoms with van der Waals surface area (Å²) in [5.74, 6) is -2.10. The Balaban J connectivity index is 1.59. The van der Waals surface area contributed by atoms with Crippen molar-refractivity contribution in [3.8, 4) is 0 Å². The van der Waals surface area contributed by atoms with Gasteiger partial charge in [0.25, 0.3) is 11.8 Å². The molecule has 5 rings (SSSR count). The summed E-state index contributed by atoms with van der Waals surface area (Å²) in [5.41, 5.74) is 5.01. The van der Waals surface area contributed by atoms with Crippen LogP contribution in [-0.4, -0.2) is 46.4 Å². The van der Waals surface area contributed by atoms with E-state index in [0.717, 1.165) is 18.4 Å². The van der Waals surface area contributed by atoms with Gasteiger partial charge in [-0.1, -0.05) is 90.6 Å². The highest BCUT2D eigenvalue weighted by Crippen LogP contribution is 2.47. The summed E-state index contributed by atoms with van der Waals surface area (Å²) < 4.78 is 0. The second-order valence-corrected chi connectivity index (χ2v) is 11.2. The molecule has 0 spiro atoms. The van der Waals surface area contributed by atoms with Crippen molar-refractivity contribution >= 4 is 40.9 Å². The molecule has 0 aromatic heterocycles. The number of carbonyl (C=O) groups excluding carboxylic acids is 3. The average molecular weight is 597 g/mol. The minimum absolute atomic E-state index is 0.161. The van der Waals surface area contributed by atoms with Crippen molar-refractivity contribution in [3.63, 3.8) is 0 Å². The molecular weight excluding hydrogens is 565 g/mol. The van der Waals surface area contributed by atoms with E-state index in [2.05, 4.69) is 10.8 Å². The van der Waals surface area contributed by atoms with E-state index in [0.29, 0.717) is 39.6 Å². The Bertz CT molecular complexity index is 1420. The van der Waals surface area contributed by atoms with Gasteiger partial charge in [-0.2, -0.15) is 0 Å². The van der Waals surface area contributed by atoms with E-state index in [1.165, 1.54) is 0 Å². The summed E-state index contributed by atoms with van der Waals surface area (Å²) >= 11 is 13.0. The van der Waals surface area contributed by atoms with Crippen LogP contribution in [0, 0.1) is 0 Å². The SMILES string of the molecule is O=C(CO)NC1CCCC[C@@H]1N1C(=O)c2ccccc2[C@@H](C(=O)NOCc2ccccc2)[C@@H]1c1ccc(Cl)cc1Cl. The molecule has 3 amide bonds. The predicted octanol–water partition coefficient (Wildman–Crippen LogP) is 4.94. The average Bonchev–Trinajstić information content (AvgIpc) is 2.98. The molecule has 3 N–H and O–H groups in total. The summed E-state index contributed by atoms with van der Waals surface area (Å²) in [4.78, 5) is 47.9. The smallest absolute Gasteiger partial charge is 0.255 e. The van der Waals surface area contributed by atoms with E-state index < -0.39 is 42.5 Å². The van der Waals surface area contributed by atoms with Gasteiger partial charge < -0.3 is 15.3 Å². The number of fused-ring (bicyclic) bond motifs is 1. The molecule has 1 aliphatic heterocycles. The Morgan fingerprint density at radius 2 is 1.68 bits per heavy atom. The van der Waals surface area contributed by atoms with Crippen LogP contribution in [0.25, 0.3) is 0 Å². The van der Waals surface area contributed by atoms with Gasteiger partial charge in [0.2, 0.25) is 5.91 Å². The molecule has 0 saturated heterocycles. The monoisotopic (exact) mass is 595 g/mol. The zero-order valence-corrected chi connectivity index (χ0v) is 23.8. The highest BCUT2D eigenvalue weighted by Gasteiger charge is 2.49. The number of nitrogens with one attached hydrogen (secondary N) is 2. The summed E-state index contributed by atoms with van der Waals surface area (Å²) in [7, 11) is 0. The number of carbonyl (C=O) groups is 3. The molecule has 8 nitrogen and oxygen atoms in total. The van der Waals surface area contributed by atoms with Crippen molar-refractivity contribution < 1.29 is 24.3 Å².